The lowest BCUT2D eigenvalue weighted by molar-refractivity contribution is 0.548. The molecule has 1 atom stereocenters. The predicted octanol–water partition coefficient (Wildman–Crippen LogP) is 3.71. The van der Waals surface area contributed by atoms with Gasteiger partial charge < -0.3 is 0 Å². The van der Waals surface area contributed by atoms with Gasteiger partial charge in [-0.2, -0.15) is 0 Å². The molecule has 3 rings (SSSR count). The zero-order chi connectivity index (χ0) is 14.8. The summed E-state index contributed by atoms with van der Waals surface area (Å²) < 4.78 is 13.5. The van der Waals surface area contributed by atoms with Gasteiger partial charge in [-0.1, -0.05) is 35.9 Å². The Labute approximate surface area is 129 Å². The topological polar surface area (TPSA) is 38.0 Å². The standard InChI is InChI=1S/C17H18ClFN2/c18-15-7-4-11(8-16(15)19)9-17(21-20)14-6-5-12-2-1-3-13(12)10-14/h4-8,10,17,21H,1-3,9,20H2. The third kappa shape index (κ3) is 3.10. The molecule has 4 heteroatoms. The summed E-state index contributed by atoms with van der Waals surface area (Å²) in [6.07, 6.45) is 4.15. The number of hydrazine groups is 1. The monoisotopic (exact) mass is 304 g/mol. The van der Waals surface area contributed by atoms with Crippen LogP contribution in [0.15, 0.2) is 36.4 Å². The summed E-state index contributed by atoms with van der Waals surface area (Å²) in [6.45, 7) is 0. The summed E-state index contributed by atoms with van der Waals surface area (Å²) in [5.74, 6) is 5.31. The second kappa shape index (κ2) is 6.14. The van der Waals surface area contributed by atoms with Gasteiger partial charge in [0.05, 0.1) is 5.02 Å². The van der Waals surface area contributed by atoms with Crippen LogP contribution in [0.25, 0.3) is 0 Å². The predicted molar refractivity (Wildman–Crippen MR) is 83.6 cm³/mol. The molecule has 1 aliphatic carbocycles. The smallest absolute Gasteiger partial charge is 0.142 e. The Morgan fingerprint density at radius 2 is 1.95 bits per heavy atom. The Bertz CT molecular complexity index is 657. The Balaban J connectivity index is 1.83. The zero-order valence-electron chi connectivity index (χ0n) is 11.7. The van der Waals surface area contributed by atoms with Crippen molar-refractivity contribution in [3.63, 3.8) is 0 Å². The molecule has 2 nitrogen and oxygen atoms in total. The first-order chi connectivity index (χ1) is 10.2. The van der Waals surface area contributed by atoms with Crippen LogP contribution in [0.3, 0.4) is 0 Å². The minimum Gasteiger partial charge on any atom is -0.271 e. The molecule has 21 heavy (non-hydrogen) atoms. The molecule has 0 saturated carbocycles. The van der Waals surface area contributed by atoms with Gasteiger partial charge in [-0.05, 0) is 60.1 Å². The molecule has 2 aromatic rings. The maximum atomic E-state index is 13.5. The van der Waals surface area contributed by atoms with Gasteiger partial charge in [-0.3, -0.25) is 11.3 Å². The Hall–Kier alpha value is -1.42. The van der Waals surface area contributed by atoms with Crippen molar-refractivity contribution in [1.82, 2.24) is 5.43 Å². The molecular formula is C17H18ClFN2. The minimum atomic E-state index is -0.390. The second-order valence-electron chi connectivity index (χ2n) is 5.55. The van der Waals surface area contributed by atoms with Gasteiger partial charge in [-0.25, -0.2) is 4.39 Å². The highest BCUT2D eigenvalue weighted by Crippen LogP contribution is 2.27. The maximum absolute atomic E-state index is 13.5. The molecule has 0 spiro atoms. The minimum absolute atomic E-state index is 0.0310. The number of aryl methyl sites for hydroxylation is 2. The van der Waals surface area contributed by atoms with E-state index in [1.807, 2.05) is 6.07 Å². The van der Waals surface area contributed by atoms with Crippen LogP contribution in [0, 0.1) is 5.82 Å². The molecule has 110 valence electrons. The Morgan fingerprint density at radius 1 is 1.14 bits per heavy atom. The molecule has 0 amide bonds. The molecule has 0 fully saturated rings. The van der Waals surface area contributed by atoms with E-state index in [2.05, 4.69) is 23.6 Å². The summed E-state index contributed by atoms with van der Waals surface area (Å²) in [5, 5.41) is 0.147. The SMILES string of the molecule is NNC(Cc1ccc(Cl)c(F)c1)c1ccc2c(c1)CCC2. The molecule has 3 N–H and O–H groups in total. The van der Waals surface area contributed by atoms with Crippen LogP contribution in [-0.2, 0) is 19.3 Å². The lowest BCUT2D eigenvalue weighted by Gasteiger charge is -2.18. The van der Waals surface area contributed by atoms with Crippen LogP contribution in [0.1, 0.15) is 34.7 Å². The molecule has 0 aliphatic heterocycles. The molecule has 0 bridgehead atoms. The number of halogens is 2. The average molecular weight is 305 g/mol. The van der Waals surface area contributed by atoms with Gasteiger partial charge in [-0.15, -0.1) is 0 Å². The van der Waals surface area contributed by atoms with E-state index in [-0.39, 0.29) is 16.9 Å². The quantitative estimate of drug-likeness (QED) is 0.667. The highest BCUT2D eigenvalue weighted by Gasteiger charge is 2.16. The van der Waals surface area contributed by atoms with Crippen molar-refractivity contribution in [2.75, 3.05) is 0 Å². The van der Waals surface area contributed by atoms with Crippen LogP contribution in [0.2, 0.25) is 5.02 Å². The molecule has 0 heterocycles. The molecule has 2 aromatic carbocycles. The maximum Gasteiger partial charge on any atom is 0.142 e. The average Bonchev–Trinajstić information content (AvgIpc) is 2.95. The first-order valence-electron chi connectivity index (χ1n) is 7.19. The second-order valence-corrected chi connectivity index (χ2v) is 5.96. The largest absolute Gasteiger partial charge is 0.271 e. The van der Waals surface area contributed by atoms with Crippen LogP contribution in [0.5, 0.6) is 0 Å². The molecule has 0 radical (unpaired) electrons. The third-order valence-electron chi connectivity index (χ3n) is 4.15. The third-order valence-corrected chi connectivity index (χ3v) is 4.46. The van der Waals surface area contributed by atoms with E-state index in [4.69, 9.17) is 17.4 Å². The fourth-order valence-electron chi connectivity index (χ4n) is 2.98. The molecule has 1 aliphatic rings. The van der Waals surface area contributed by atoms with Gasteiger partial charge in [0.1, 0.15) is 5.82 Å². The summed E-state index contributed by atoms with van der Waals surface area (Å²) >= 11 is 5.72. The number of fused-ring (bicyclic) bond motifs is 1. The molecule has 1 unspecified atom stereocenters. The van der Waals surface area contributed by atoms with Gasteiger partial charge in [0, 0.05) is 6.04 Å². The van der Waals surface area contributed by atoms with Crippen LogP contribution in [-0.4, -0.2) is 0 Å². The lowest BCUT2D eigenvalue weighted by Crippen LogP contribution is -2.29. The van der Waals surface area contributed by atoms with Gasteiger partial charge in [0.15, 0.2) is 0 Å². The molecular weight excluding hydrogens is 287 g/mol. The number of hydrogen-bond acceptors (Lipinski definition) is 2. The first kappa shape index (κ1) is 14.5. The lowest BCUT2D eigenvalue weighted by atomic mass is 9.96. The summed E-state index contributed by atoms with van der Waals surface area (Å²) in [6, 6.07) is 11.4. The number of rotatable bonds is 4. The van der Waals surface area contributed by atoms with Crippen LogP contribution < -0.4 is 11.3 Å². The number of hydrogen-bond donors (Lipinski definition) is 2. The first-order valence-corrected chi connectivity index (χ1v) is 7.57. The Morgan fingerprint density at radius 3 is 2.71 bits per heavy atom. The fourth-order valence-corrected chi connectivity index (χ4v) is 3.10. The van der Waals surface area contributed by atoms with Crippen molar-refractivity contribution in [2.24, 2.45) is 5.84 Å². The van der Waals surface area contributed by atoms with E-state index in [1.54, 1.807) is 6.07 Å². The van der Waals surface area contributed by atoms with E-state index in [9.17, 15) is 4.39 Å². The highest BCUT2D eigenvalue weighted by atomic mass is 35.5. The van der Waals surface area contributed by atoms with E-state index in [1.165, 1.54) is 30.0 Å². The van der Waals surface area contributed by atoms with Crippen molar-refractivity contribution in [3.05, 3.63) is 69.5 Å². The number of nitrogens with two attached hydrogens (primary N) is 1. The van der Waals surface area contributed by atoms with E-state index < -0.39 is 0 Å². The van der Waals surface area contributed by atoms with E-state index in [0.717, 1.165) is 17.5 Å². The van der Waals surface area contributed by atoms with E-state index in [0.29, 0.717) is 6.42 Å². The van der Waals surface area contributed by atoms with E-state index >= 15 is 0 Å². The van der Waals surface area contributed by atoms with Crippen molar-refractivity contribution in [3.8, 4) is 0 Å². The van der Waals surface area contributed by atoms with Gasteiger partial charge in [0.25, 0.3) is 0 Å². The van der Waals surface area contributed by atoms with Crippen molar-refractivity contribution in [2.45, 2.75) is 31.7 Å². The zero-order valence-corrected chi connectivity index (χ0v) is 12.5. The molecule has 0 saturated heterocycles. The fraction of sp³-hybridized carbons (Fsp3) is 0.294. The molecule has 0 aromatic heterocycles. The van der Waals surface area contributed by atoms with Gasteiger partial charge in [0.2, 0.25) is 0 Å². The van der Waals surface area contributed by atoms with Crippen LogP contribution >= 0.6 is 11.6 Å². The van der Waals surface area contributed by atoms with Crippen molar-refractivity contribution in [1.29, 1.82) is 0 Å². The number of benzene rings is 2. The van der Waals surface area contributed by atoms with Gasteiger partial charge >= 0.3 is 0 Å². The van der Waals surface area contributed by atoms with Crippen molar-refractivity contribution >= 4 is 11.6 Å². The van der Waals surface area contributed by atoms with Crippen LogP contribution in [0.4, 0.5) is 4.39 Å². The number of nitrogens with one attached hydrogen (secondary N) is 1. The summed E-state index contributed by atoms with van der Waals surface area (Å²) in [4.78, 5) is 0. The Kier molecular flexibility index (Phi) is 4.24. The van der Waals surface area contributed by atoms with Crippen molar-refractivity contribution < 1.29 is 4.39 Å². The normalized spacial score (nSPS) is 15.0. The summed E-state index contributed by atoms with van der Waals surface area (Å²) in [7, 11) is 0. The highest BCUT2D eigenvalue weighted by molar-refractivity contribution is 6.30. The summed E-state index contributed by atoms with van der Waals surface area (Å²) in [5.41, 5.74) is 7.71.